The molecule has 5 nitrogen and oxygen atoms in total. The fraction of sp³-hybridized carbons (Fsp3) is 0.375. The first-order valence-corrected chi connectivity index (χ1v) is 7.38. The Bertz CT molecular complexity index is 698. The number of aromatic nitrogens is 2. The average Bonchev–Trinajstić information content (AvgIpc) is 2.97. The van der Waals surface area contributed by atoms with Crippen LogP contribution in [0.15, 0.2) is 36.5 Å². The number of halogens is 3. The summed E-state index contributed by atoms with van der Waals surface area (Å²) in [4.78, 5) is 13.3. The van der Waals surface area contributed by atoms with E-state index in [1.807, 2.05) is 37.3 Å². The lowest BCUT2D eigenvalue weighted by molar-refractivity contribution is -0.205. The van der Waals surface area contributed by atoms with Crippen LogP contribution in [-0.2, 0) is 6.42 Å². The van der Waals surface area contributed by atoms with Crippen LogP contribution in [0.1, 0.15) is 23.0 Å². The molecule has 2 rings (SSSR count). The Hall–Kier alpha value is -2.35. The number of rotatable bonds is 5. The van der Waals surface area contributed by atoms with Gasteiger partial charge >= 0.3 is 6.18 Å². The van der Waals surface area contributed by atoms with E-state index in [4.69, 9.17) is 5.11 Å². The summed E-state index contributed by atoms with van der Waals surface area (Å²) in [6.45, 7) is 1.000. The SMILES string of the molecule is CCc1c(C(=O)N(C)CC(O)C(F)(F)F)cnn1-c1ccccc1. The predicted molar refractivity (Wildman–Crippen MR) is 82.0 cm³/mol. The second-order valence-corrected chi connectivity index (χ2v) is 5.35. The third kappa shape index (κ3) is 3.76. The number of para-hydroxylation sites is 1. The molecule has 0 saturated heterocycles. The molecule has 1 aromatic carbocycles. The fourth-order valence-electron chi connectivity index (χ4n) is 2.34. The van der Waals surface area contributed by atoms with Crippen molar-refractivity contribution in [3.05, 3.63) is 47.8 Å². The van der Waals surface area contributed by atoms with Gasteiger partial charge in [-0.05, 0) is 18.6 Å². The number of aliphatic hydroxyl groups is 1. The molecule has 1 unspecified atom stereocenters. The Morgan fingerprint density at radius 2 is 1.96 bits per heavy atom. The second kappa shape index (κ2) is 7.04. The smallest absolute Gasteiger partial charge is 0.382 e. The van der Waals surface area contributed by atoms with Crippen LogP contribution in [0.25, 0.3) is 5.69 Å². The molecule has 1 N–H and O–H groups in total. The van der Waals surface area contributed by atoms with Gasteiger partial charge in [-0.1, -0.05) is 25.1 Å². The summed E-state index contributed by atoms with van der Waals surface area (Å²) in [5, 5.41) is 13.3. The van der Waals surface area contributed by atoms with E-state index in [-0.39, 0.29) is 5.56 Å². The quantitative estimate of drug-likeness (QED) is 0.909. The molecular formula is C16H18F3N3O2. The van der Waals surface area contributed by atoms with Crippen LogP contribution in [0.2, 0.25) is 0 Å². The number of benzene rings is 1. The van der Waals surface area contributed by atoms with Crippen LogP contribution in [0.3, 0.4) is 0 Å². The molecule has 1 atom stereocenters. The standard InChI is InChI=1S/C16H18F3N3O2/c1-3-13-12(9-20-22(13)11-7-5-4-6-8-11)15(24)21(2)10-14(23)16(17,18)19/h4-9,14,23H,3,10H2,1-2H3. The van der Waals surface area contributed by atoms with Crippen LogP contribution < -0.4 is 0 Å². The van der Waals surface area contributed by atoms with Crippen molar-refractivity contribution >= 4 is 5.91 Å². The predicted octanol–water partition coefficient (Wildman–Crippen LogP) is 2.43. The van der Waals surface area contributed by atoms with Crippen LogP contribution in [0.5, 0.6) is 0 Å². The fourth-order valence-corrected chi connectivity index (χ4v) is 2.34. The highest BCUT2D eigenvalue weighted by atomic mass is 19.4. The summed E-state index contributed by atoms with van der Waals surface area (Å²) in [6, 6.07) is 9.12. The average molecular weight is 341 g/mol. The van der Waals surface area contributed by atoms with Gasteiger partial charge in [0.15, 0.2) is 6.10 Å². The van der Waals surface area contributed by atoms with Crippen LogP contribution in [-0.4, -0.2) is 51.6 Å². The summed E-state index contributed by atoms with van der Waals surface area (Å²) in [5.74, 6) is -0.614. The third-order valence-electron chi connectivity index (χ3n) is 3.61. The first-order chi connectivity index (χ1) is 11.3. The highest BCUT2D eigenvalue weighted by Crippen LogP contribution is 2.22. The summed E-state index contributed by atoms with van der Waals surface area (Å²) in [6.07, 6.45) is -5.53. The van der Waals surface area contributed by atoms with Gasteiger partial charge < -0.3 is 10.0 Å². The van der Waals surface area contributed by atoms with Gasteiger partial charge in [-0.3, -0.25) is 4.79 Å². The number of carbonyl (C=O) groups is 1. The van der Waals surface area contributed by atoms with Crippen molar-refractivity contribution in [2.45, 2.75) is 25.6 Å². The molecule has 0 spiro atoms. The molecule has 0 saturated carbocycles. The Balaban J connectivity index is 2.26. The monoisotopic (exact) mass is 341 g/mol. The minimum atomic E-state index is -4.77. The summed E-state index contributed by atoms with van der Waals surface area (Å²) >= 11 is 0. The van der Waals surface area contributed by atoms with Gasteiger partial charge in [-0.15, -0.1) is 0 Å². The van der Waals surface area contributed by atoms with Gasteiger partial charge in [0, 0.05) is 7.05 Å². The number of aliphatic hydroxyl groups excluding tert-OH is 1. The van der Waals surface area contributed by atoms with Crippen molar-refractivity contribution in [2.24, 2.45) is 0 Å². The van der Waals surface area contributed by atoms with Gasteiger partial charge in [0.25, 0.3) is 5.91 Å². The van der Waals surface area contributed by atoms with Crippen LogP contribution >= 0.6 is 0 Å². The minimum Gasteiger partial charge on any atom is -0.382 e. The molecule has 24 heavy (non-hydrogen) atoms. The van der Waals surface area contributed by atoms with E-state index in [2.05, 4.69) is 5.10 Å². The van der Waals surface area contributed by atoms with Crippen molar-refractivity contribution in [3.63, 3.8) is 0 Å². The van der Waals surface area contributed by atoms with Gasteiger partial charge in [0.05, 0.1) is 29.7 Å². The summed E-state index contributed by atoms with van der Waals surface area (Å²) in [7, 11) is 1.22. The zero-order chi connectivity index (χ0) is 17.9. The van der Waals surface area contributed by atoms with E-state index < -0.39 is 24.7 Å². The van der Waals surface area contributed by atoms with Gasteiger partial charge in [0.2, 0.25) is 0 Å². The maximum absolute atomic E-state index is 12.4. The van der Waals surface area contributed by atoms with Crippen molar-refractivity contribution in [2.75, 3.05) is 13.6 Å². The van der Waals surface area contributed by atoms with E-state index in [9.17, 15) is 18.0 Å². The van der Waals surface area contributed by atoms with E-state index in [1.165, 1.54) is 13.2 Å². The number of nitrogens with zero attached hydrogens (tertiary/aromatic N) is 3. The topological polar surface area (TPSA) is 58.4 Å². The molecule has 0 radical (unpaired) electrons. The second-order valence-electron chi connectivity index (χ2n) is 5.35. The maximum Gasteiger partial charge on any atom is 0.416 e. The molecule has 0 bridgehead atoms. The molecule has 0 aliphatic rings. The highest BCUT2D eigenvalue weighted by molar-refractivity contribution is 5.95. The van der Waals surface area contributed by atoms with Crippen LogP contribution in [0, 0.1) is 0 Å². The number of alkyl halides is 3. The van der Waals surface area contributed by atoms with E-state index in [1.54, 1.807) is 4.68 Å². The highest BCUT2D eigenvalue weighted by Gasteiger charge is 2.39. The lowest BCUT2D eigenvalue weighted by Gasteiger charge is -2.22. The molecule has 0 fully saturated rings. The van der Waals surface area contributed by atoms with Crippen molar-refractivity contribution in [1.82, 2.24) is 14.7 Å². The van der Waals surface area contributed by atoms with Crippen molar-refractivity contribution in [1.29, 1.82) is 0 Å². The number of likely N-dealkylation sites (N-methyl/N-ethyl adjacent to an activating group) is 1. The first-order valence-electron chi connectivity index (χ1n) is 7.38. The number of hydrogen-bond acceptors (Lipinski definition) is 3. The van der Waals surface area contributed by atoms with E-state index in [0.717, 1.165) is 10.6 Å². The zero-order valence-corrected chi connectivity index (χ0v) is 13.3. The van der Waals surface area contributed by atoms with Gasteiger partial charge in [-0.2, -0.15) is 18.3 Å². The van der Waals surface area contributed by atoms with Gasteiger partial charge in [0.1, 0.15) is 0 Å². The molecule has 1 aromatic heterocycles. The molecule has 2 aromatic rings. The minimum absolute atomic E-state index is 0.221. The van der Waals surface area contributed by atoms with E-state index in [0.29, 0.717) is 12.1 Å². The Labute approximate surface area is 137 Å². The molecule has 130 valence electrons. The zero-order valence-electron chi connectivity index (χ0n) is 13.3. The largest absolute Gasteiger partial charge is 0.416 e. The molecule has 8 heteroatoms. The summed E-state index contributed by atoms with van der Waals surface area (Å²) in [5.41, 5.74) is 1.57. The summed E-state index contributed by atoms with van der Waals surface area (Å²) < 4.78 is 38.9. The molecule has 1 amide bonds. The third-order valence-corrected chi connectivity index (χ3v) is 3.61. The lowest BCUT2D eigenvalue weighted by atomic mass is 10.1. The Morgan fingerprint density at radius 3 is 2.50 bits per heavy atom. The Morgan fingerprint density at radius 1 is 1.33 bits per heavy atom. The molecule has 1 heterocycles. The normalized spacial score (nSPS) is 12.9. The van der Waals surface area contributed by atoms with Gasteiger partial charge in [-0.25, -0.2) is 4.68 Å². The van der Waals surface area contributed by atoms with Crippen LogP contribution in [0.4, 0.5) is 13.2 Å². The maximum atomic E-state index is 12.4. The van der Waals surface area contributed by atoms with Crippen molar-refractivity contribution in [3.8, 4) is 5.69 Å². The number of hydrogen-bond donors (Lipinski definition) is 1. The van der Waals surface area contributed by atoms with Crippen molar-refractivity contribution < 1.29 is 23.1 Å². The first kappa shape index (κ1) is 18.0. The molecule has 0 aliphatic heterocycles. The number of amides is 1. The number of carbonyl (C=O) groups excluding carboxylic acids is 1. The Kier molecular flexibility index (Phi) is 5.28. The van der Waals surface area contributed by atoms with E-state index >= 15 is 0 Å². The lowest BCUT2D eigenvalue weighted by Crippen LogP contribution is -2.41. The molecule has 0 aliphatic carbocycles. The molecular weight excluding hydrogens is 323 g/mol.